The summed E-state index contributed by atoms with van der Waals surface area (Å²) in [6.07, 6.45) is 0.281. The summed E-state index contributed by atoms with van der Waals surface area (Å²) in [5.41, 5.74) is 2.76. The highest BCUT2D eigenvalue weighted by atomic mass is 35.5. The van der Waals surface area contributed by atoms with Crippen LogP contribution in [0, 0.1) is 25.2 Å². The average Bonchev–Trinajstić information content (AvgIpc) is 2.53. The molecule has 23 heavy (non-hydrogen) atoms. The second-order valence-electron chi connectivity index (χ2n) is 5.11. The van der Waals surface area contributed by atoms with Crippen molar-refractivity contribution in [3.63, 3.8) is 0 Å². The first-order chi connectivity index (χ1) is 11.0. The van der Waals surface area contributed by atoms with Crippen molar-refractivity contribution in [2.24, 2.45) is 0 Å². The number of nitrogens with one attached hydrogen (secondary N) is 2. The molecule has 2 aromatic rings. The molecule has 0 aliphatic rings. The lowest BCUT2D eigenvalue weighted by atomic mass is 10.2. The number of carbonyl (C=O) groups is 1. The molecule has 2 N–H and O–H groups in total. The predicted octanol–water partition coefficient (Wildman–Crippen LogP) is 3.66. The van der Waals surface area contributed by atoms with E-state index >= 15 is 0 Å². The van der Waals surface area contributed by atoms with Gasteiger partial charge in [-0.15, -0.1) is 0 Å². The first-order valence-corrected chi connectivity index (χ1v) is 7.55. The molecule has 1 heterocycles. The van der Waals surface area contributed by atoms with E-state index in [4.69, 9.17) is 16.9 Å². The van der Waals surface area contributed by atoms with Crippen molar-refractivity contribution in [3.05, 3.63) is 52.2 Å². The van der Waals surface area contributed by atoms with Crippen LogP contribution < -0.4 is 10.6 Å². The van der Waals surface area contributed by atoms with Crippen LogP contribution in [0.15, 0.2) is 30.3 Å². The van der Waals surface area contributed by atoms with Gasteiger partial charge in [-0.3, -0.25) is 4.79 Å². The number of benzene rings is 1. The molecular weight excluding hydrogens is 312 g/mol. The van der Waals surface area contributed by atoms with Gasteiger partial charge in [-0.1, -0.05) is 23.7 Å². The van der Waals surface area contributed by atoms with Crippen LogP contribution >= 0.6 is 11.6 Å². The average molecular weight is 329 g/mol. The van der Waals surface area contributed by atoms with E-state index in [2.05, 4.69) is 15.6 Å². The van der Waals surface area contributed by atoms with E-state index in [0.29, 0.717) is 28.8 Å². The third kappa shape index (κ3) is 4.44. The Kier molecular flexibility index (Phi) is 5.56. The molecule has 1 amide bonds. The zero-order chi connectivity index (χ0) is 16.8. The number of aromatic nitrogens is 1. The Morgan fingerprint density at radius 3 is 2.83 bits per heavy atom. The highest BCUT2D eigenvalue weighted by Gasteiger charge is 2.07. The number of hydrogen-bond donors (Lipinski definition) is 2. The zero-order valence-electron chi connectivity index (χ0n) is 13.0. The summed E-state index contributed by atoms with van der Waals surface area (Å²) in [6, 6.07) is 11.0. The van der Waals surface area contributed by atoms with Gasteiger partial charge in [0.05, 0.1) is 0 Å². The van der Waals surface area contributed by atoms with Crippen LogP contribution in [0.3, 0.4) is 0 Å². The Morgan fingerprint density at radius 1 is 1.30 bits per heavy atom. The number of anilines is 2. The number of amides is 1. The molecule has 0 saturated heterocycles. The molecule has 0 unspecified atom stereocenters. The molecule has 0 bridgehead atoms. The number of halogens is 1. The number of rotatable bonds is 5. The van der Waals surface area contributed by atoms with Gasteiger partial charge >= 0.3 is 0 Å². The van der Waals surface area contributed by atoms with Crippen molar-refractivity contribution in [1.29, 1.82) is 5.26 Å². The minimum Gasteiger partial charge on any atom is -0.370 e. The van der Waals surface area contributed by atoms with E-state index < -0.39 is 0 Å². The minimum absolute atomic E-state index is 0.115. The molecule has 6 heteroatoms. The van der Waals surface area contributed by atoms with Crippen LogP contribution in [0.1, 0.15) is 23.2 Å². The van der Waals surface area contributed by atoms with Crippen molar-refractivity contribution < 1.29 is 4.79 Å². The topological polar surface area (TPSA) is 77.8 Å². The Hall–Kier alpha value is -2.58. The molecule has 0 radical (unpaired) electrons. The monoisotopic (exact) mass is 328 g/mol. The molecular formula is C17H17ClN4O. The fourth-order valence-corrected chi connectivity index (χ4v) is 2.17. The van der Waals surface area contributed by atoms with Crippen molar-refractivity contribution in [2.45, 2.75) is 20.3 Å². The van der Waals surface area contributed by atoms with Gasteiger partial charge in [-0.2, -0.15) is 5.26 Å². The van der Waals surface area contributed by atoms with Gasteiger partial charge in [-0.25, -0.2) is 4.98 Å². The van der Waals surface area contributed by atoms with Gasteiger partial charge in [0.15, 0.2) is 0 Å². The summed E-state index contributed by atoms with van der Waals surface area (Å²) in [4.78, 5) is 16.2. The number of nitriles is 1. The summed E-state index contributed by atoms with van der Waals surface area (Å²) in [6.45, 7) is 4.11. The Balaban J connectivity index is 1.88. The smallest absolute Gasteiger partial charge is 0.226 e. The second kappa shape index (κ2) is 7.61. The van der Waals surface area contributed by atoms with E-state index in [9.17, 15) is 4.79 Å². The van der Waals surface area contributed by atoms with Gasteiger partial charge < -0.3 is 10.6 Å². The van der Waals surface area contributed by atoms with Gasteiger partial charge in [0.2, 0.25) is 5.91 Å². The number of carbonyl (C=O) groups excluding carboxylic acids is 1. The number of pyridine rings is 1. The van der Waals surface area contributed by atoms with Crippen LogP contribution in [0.4, 0.5) is 11.5 Å². The molecule has 0 aliphatic carbocycles. The van der Waals surface area contributed by atoms with Crippen molar-refractivity contribution >= 4 is 29.0 Å². The Labute approximate surface area is 140 Å². The lowest BCUT2D eigenvalue weighted by Gasteiger charge is -2.10. The summed E-state index contributed by atoms with van der Waals surface area (Å²) >= 11 is 6.02. The summed E-state index contributed by atoms with van der Waals surface area (Å²) in [5.74, 6) is 0.467. The maximum Gasteiger partial charge on any atom is 0.226 e. The molecule has 0 fully saturated rings. The first kappa shape index (κ1) is 16.8. The molecule has 0 saturated carbocycles. The normalized spacial score (nSPS) is 10.0. The highest BCUT2D eigenvalue weighted by Crippen LogP contribution is 2.22. The van der Waals surface area contributed by atoms with Crippen LogP contribution in [0.2, 0.25) is 5.02 Å². The summed E-state index contributed by atoms with van der Waals surface area (Å²) in [5, 5.41) is 15.4. The van der Waals surface area contributed by atoms with Crippen molar-refractivity contribution in [3.8, 4) is 6.07 Å². The molecule has 118 valence electrons. The fourth-order valence-electron chi connectivity index (χ4n) is 2.00. The molecule has 1 aromatic heterocycles. The second-order valence-corrected chi connectivity index (χ2v) is 5.52. The molecule has 0 spiro atoms. The number of aryl methyl sites for hydroxylation is 1. The third-order valence-corrected chi connectivity index (χ3v) is 3.81. The SMILES string of the molecule is Cc1ccc(NCCC(=O)Nc2cccc(Cl)c2C)nc1C#N. The molecule has 5 nitrogen and oxygen atoms in total. The highest BCUT2D eigenvalue weighted by molar-refractivity contribution is 6.31. The zero-order valence-corrected chi connectivity index (χ0v) is 13.7. The summed E-state index contributed by atoms with van der Waals surface area (Å²) < 4.78 is 0. The lowest BCUT2D eigenvalue weighted by Crippen LogP contribution is -2.17. The number of hydrogen-bond acceptors (Lipinski definition) is 4. The van der Waals surface area contributed by atoms with E-state index in [1.807, 2.05) is 32.0 Å². The largest absolute Gasteiger partial charge is 0.370 e. The quantitative estimate of drug-likeness (QED) is 0.878. The van der Waals surface area contributed by atoms with E-state index in [1.165, 1.54) is 0 Å². The van der Waals surface area contributed by atoms with Crippen LogP contribution in [-0.2, 0) is 4.79 Å². The maximum absolute atomic E-state index is 12.0. The maximum atomic E-state index is 12.0. The summed E-state index contributed by atoms with van der Waals surface area (Å²) in [7, 11) is 0. The molecule has 0 aliphatic heterocycles. The number of nitrogens with zero attached hydrogens (tertiary/aromatic N) is 2. The van der Waals surface area contributed by atoms with Gasteiger partial charge in [0, 0.05) is 23.7 Å². The minimum atomic E-state index is -0.115. The van der Waals surface area contributed by atoms with E-state index in [-0.39, 0.29) is 12.3 Å². The van der Waals surface area contributed by atoms with Crippen LogP contribution in [0.25, 0.3) is 0 Å². The van der Waals surface area contributed by atoms with Crippen molar-refractivity contribution in [1.82, 2.24) is 4.98 Å². The van der Waals surface area contributed by atoms with E-state index in [0.717, 1.165) is 11.1 Å². The first-order valence-electron chi connectivity index (χ1n) is 7.18. The molecule has 0 atom stereocenters. The fraction of sp³-hybridized carbons (Fsp3) is 0.235. The van der Waals surface area contributed by atoms with Crippen LogP contribution in [-0.4, -0.2) is 17.4 Å². The predicted molar refractivity (Wildman–Crippen MR) is 91.6 cm³/mol. The third-order valence-electron chi connectivity index (χ3n) is 3.40. The van der Waals surface area contributed by atoms with Gasteiger partial charge in [0.25, 0.3) is 0 Å². The van der Waals surface area contributed by atoms with E-state index in [1.54, 1.807) is 18.2 Å². The van der Waals surface area contributed by atoms with Gasteiger partial charge in [-0.05, 0) is 43.2 Å². The molecule has 1 aromatic carbocycles. The van der Waals surface area contributed by atoms with Crippen LogP contribution in [0.5, 0.6) is 0 Å². The lowest BCUT2D eigenvalue weighted by molar-refractivity contribution is -0.115. The Bertz CT molecular complexity index is 768. The standard InChI is InChI=1S/C17H17ClN4O/c1-11-6-7-16(21-15(11)10-19)20-9-8-17(23)22-14-5-3-4-13(18)12(14)2/h3-7H,8-9H2,1-2H3,(H,20,21)(H,22,23). The van der Waals surface area contributed by atoms with Crippen molar-refractivity contribution in [2.75, 3.05) is 17.2 Å². The molecule has 2 rings (SSSR count). The van der Waals surface area contributed by atoms with Gasteiger partial charge in [0.1, 0.15) is 17.6 Å². The Morgan fingerprint density at radius 2 is 2.09 bits per heavy atom.